The average molecular weight is 308 g/mol. The van der Waals surface area contributed by atoms with Crippen molar-refractivity contribution in [3.05, 3.63) is 58.4 Å². The van der Waals surface area contributed by atoms with Gasteiger partial charge in [0.1, 0.15) is 11.6 Å². The number of allylic oxidation sites excluding steroid dienone is 6. The Balaban J connectivity index is 0.000000774. The Bertz CT molecular complexity index is 605. The van der Waals surface area contributed by atoms with Crippen molar-refractivity contribution in [1.29, 1.82) is 0 Å². The summed E-state index contributed by atoms with van der Waals surface area (Å²) in [7, 11) is 1.50. The Labute approximate surface area is 129 Å². The first-order chi connectivity index (χ1) is 10.3. The van der Waals surface area contributed by atoms with Gasteiger partial charge in [-0.15, -0.1) is 0 Å². The number of nitrogens with two attached hydrogens (primary N) is 1. The maximum Gasteiger partial charge on any atom is 0.134 e. The van der Waals surface area contributed by atoms with Crippen molar-refractivity contribution in [1.82, 2.24) is 0 Å². The Kier molecular flexibility index (Phi) is 5.59. The molecule has 2 aliphatic rings. The summed E-state index contributed by atoms with van der Waals surface area (Å²) in [6.07, 6.45) is 10.3. The van der Waals surface area contributed by atoms with E-state index in [9.17, 15) is 4.39 Å². The lowest BCUT2D eigenvalue weighted by Crippen LogP contribution is -2.11. The lowest BCUT2D eigenvalue weighted by molar-refractivity contribution is 0.286. The molecule has 0 fully saturated rings. The summed E-state index contributed by atoms with van der Waals surface area (Å²) >= 11 is 6.27. The maximum absolute atomic E-state index is 14.2. The third-order valence-electron chi connectivity index (χ3n) is 3.38. The van der Waals surface area contributed by atoms with Crippen molar-refractivity contribution < 1.29 is 9.13 Å². The van der Waals surface area contributed by atoms with Gasteiger partial charge in [-0.3, -0.25) is 0 Å². The largest absolute Gasteiger partial charge is 0.493 e. The van der Waals surface area contributed by atoms with Crippen LogP contribution in [-0.4, -0.2) is 13.7 Å². The standard InChI is InChI=1S/C16H14ClFO.CH5N/c17-13-7-3-1-2-6-12(13)15-14(18)9-8-11-5-4-10-19-16(11)15;1-2/h1-2,6-9H,3-5,10H2;2H2,1H3. The van der Waals surface area contributed by atoms with E-state index in [0.29, 0.717) is 28.5 Å². The number of hydrogen-bond donors (Lipinski definition) is 1. The lowest BCUT2D eigenvalue weighted by Gasteiger charge is -2.22. The molecule has 1 aliphatic carbocycles. The fraction of sp³-hybridized carbons (Fsp3) is 0.294. The van der Waals surface area contributed by atoms with E-state index < -0.39 is 0 Å². The van der Waals surface area contributed by atoms with Crippen molar-refractivity contribution in [2.45, 2.75) is 19.3 Å². The molecule has 0 amide bonds. The molecule has 0 atom stereocenters. The van der Waals surface area contributed by atoms with Crippen molar-refractivity contribution in [2.24, 2.45) is 5.73 Å². The second kappa shape index (κ2) is 7.43. The molecule has 0 saturated heterocycles. The second-order valence-corrected chi connectivity index (χ2v) is 5.07. The van der Waals surface area contributed by atoms with Gasteiger partial charge in [-0.2, -0.15) is 0 Å². The third-order valence-corrected chi connectivity index (χ3v) is 3.74. The molecule has 21 heavy (non-hydrogen) atoms. The first-order valence-corrected chi connectivity index (χ1v) is 7.40. The minimum Gasteiger partial charge on any atom is -0.493 e. The van der Waals surface area contributed by atoms with Gasteiger partial charge in [0.25, 0.3) is 0 Å². The van der Waals surface area contributed by atoms with Crippen molar-refractivity contribution in [3.63, 3.8) is 0 Å². The molecule has 2 N–H and O–H groups in total. The molecule has 1 heterocycles. The second-order valence-electron chi connectivity index (χ2n) is 4.66. The van der Waals surface area contributed by atoms with E-state index in [-0.39, 0.29) is 5.82 Å². The first kappa shape index (κ1) is 15.8. The molecule has 3 rings (SSSR count). The number of fused-ring (bicyclic) bond motifs is 1. The molecule has 4 heteroatoms. The molecule has 0 radical (unpaired) electrons. The Morgan fingerprint density at radius 3 is 2.90 bits per heavy atom. The lowest BCUT2D eigenvalue weighted by atomic mass is 9.96. The molecule has 0 bridgehead atoms. The first-order valence-electron chi connectivity index (χ1n) is 7.02. The molecule has 0 aromatic heterocycles. The van der Waals surface area contributed by atoms with Crippen LogP contribution in [0.4, 0.5) is 4.39 Å². The molecule has 0 saturated carbocycles. The van der Waals surface area contributed by atoms with Gasteiger partial charge in [-0.05, 0) is 37.9 Å². The van der Waals surface area contributed by atoms with Crippen LogP contribution in [0.2, 0.25) is 0 Å². The van der Waals surface area contributed by atoms with Gasteiger partial charge in [-0.25, -0.2) is 4.39 Å². The predicted molar refractivity (Wildman–Crippen MR) is 86.0 cm³/mol. The number of rotatable bonds is 1. The van der Waals surface area contributed by atoms with Crippen LogP contribution in [-0.2, 0) is 6.42 Å². The molecule has 1 aromatic carbocycles. The molecule has 112 valence electrons. The van der Waals surface area contributed by atoms with Crippen molar-refractivity contribution in [2.75, 3.05) is 13.7 Å². The molecule has 0 unspecified atom stereocenters. The number of aryl methyl sites for hydroxylation is 1. The van der Waals surface area contributed by atoms with Crippen LogP contribution < -0.4 is 10.5 Å². The van der Waals surface area contributed by atoms with E-state index in [4.69, 9.17) is 16.3 Å². The van der Waals surface area contributed by atoms with Gasteiger partial charge < -0.3 is 10.5 Å². The SMILES string of the molecule is CN.Fc1ccc2c(c1C1=CC=CCC=C1Cl)OCCC2. The van der Waals surface area contributed by atoms with Gasteiger partial charge in [0, 0.05) is 10.6 Å². The van der Waals surface area contributed by atoms with Crippen LogP contribution in [0, 0.1) is 5.82 Å². The smallest absolute Gasteiger partial charge is 0.134 e. The van der Waals surface area contributed by atoms with Crippen LogP contribution >= 0.6 is 11.6 Å². The van der Waals surface area contributed by atoms with Crippen molar-refractivity contribution in [3.8, 4) is 5.75 Å². The highest BCUT2D eigenvalue weighted by Gasteiger charge is 2.22. The van der Waals surface area contributed by atoms with E-state index in [1.165, 1.54) is 13.1 Å². The van der Waals surface area contributed by atoms with E-state index in [1.54, 1.807) is 6.07 Å². The topological polar surface area (TPSA) is 35.2 Å². The summed E-state index contributed by atoms with van der Waals surface area (Å²) in [5, 5.41) is 0.575. The zero-order valence-electron chi connectivity index (χ0n) is 12.0. The number of halogens is 2. The average Bonchev–Trinajstić information content (AvgIpc) is 2.74. The summed E-state index contributed by atoms with van der Waals surface area (Å²) in [4.78, 5) is 0. The van der Waals surface area contributed by atoms with E-state index in [0.717, 1.165) is 24.8 Å². The normalized spacial score (nSPS) is 16.6. The third kappa shape index (κ3) is 3.36. The zero-order valence-corrected chi connectivity index (χ0v) is 12.8. The summed E-state index contributed by atoms with van der Waals surface area (Å²) in [5.41, 5.74) is 6.75. The molecule has 1 aliphatic heterocycles. The number of benzene rings is 1. The number of ether oxygens (including phenoxy) is 1. The number of hydrogen-bond acceptors (Lipinski definition) is 2. The fourth-order valence-corrected chi connectivity index (χ4v) is 2.70. The predicted octanol–water partition coefficient (Wildman–Crippen LogP) is 4.19. The van der Waals surface area contributed by atoms with E-state index >= 15 is 0 Å². The van der Waals surface area contributed by atoms with Crippen LogP contribution in [0.1, 0.15) is 24.0 Å². The maximum atomic E-state index is 14.2. The van der Waals surface area contributed by atoms with Gasteiger partial charge in [-0.1, -0.05) is 42.0 Å². The Morgan fingerprint density at radius 1 is 1.29 bits per heavy atom. The van der Waals surface area contributed by atoms with Crippen LogP contribution in [0.3, 0.4) is 0 Å². The molecule has 0 spiro atoms. The Morgan fingerprint density at radius 2 is 2.10 bits per heavy atom. The summed E-state index contributed by atoms with van der Waals surface area (Å²) < 4.78 is 19.9. The monoisotopic (exact) mass is 307 g/mol. The minimum atomic E-state index is -0.284. The molecular weight excluding hydrogens is 289 g/mol. The van der Waals surface area contributed by atoms with Gasteiger partial charge >= 0.3 is 0 Å². The van der Waals surface area contributed by atoms with Gasteiger partial charge in [0.15, 0.2) is 0 Å². The highest BCUT2D eigenvalue weighted by Crippen LogP contribution is 2.40. The minimum absolute atomic E-state index is 0.284. The molecular formula is C17H19ClFNO. The van der Waals surface area contributed by atoms with Crippen LogP contribution in [0.25, 0.3) is 5.57 Å². The summed E-state index contributed by atoms with van der Waals surface area (Å²) in [5.74, 6) is 0.369. The van der Waals surface area contributed by atoms with Crippen LogP contribution in [0.5, 0.6) is 5.75 Å². The summed E-state index contributed by atoms with van der Waals surface area (Å²) in [6, 6.07) is 3.31. The van der Waals surface area contributed by atoms with Gasteiger partial charge in [0.2, 0.25) is 0 Å². The molecule has 1 aromatic rings. The zero-order chi connectivity index (χ0) is 15.2. The molecule has 2 nitrogen and oxygen atoms in total. The summed E-state index contributed by atoms with van der Waals surface area (Å²) in [6.45, 7) is 0.633. The van der Waals surface area contributed by atoms with Gasteiger partial charge in [0.05, 0.1) is 12.2 Å². The quantitative estimate of drug-likeness (QED) is 0.844. The highest BCUT2D eigenvalue weighted by molar-refractivity contribution is 6.37. The van der Waals surface area contributed by atoms with E-state index in [2.05, 4.69) is 5.73 Å². The Hall–Kier alpha value is -1.58. The fourth-order valence-electron chi connectivity index (χ4n) is 2.46. The van der Waals surface area contributed by atoms with Crippen molar-refractivity contribution >= 4 is 17.2 Å². The highest BCUT2D eigenvalue weighted by atomic mass is 35.5. The van der Waals surface area contributed by atoms with E-state index in [1.807, 2.05) is 24.3 Å². The van der Waals surface area contributed by atoms with Crippen LogP contribution in [0.15, 0.2) is 41.5 Å².